The van der Waals surface area contributed by atoms with Gasteiger partial charge in [-0.1, -0.05) is 0 Å². The molecule has 0 spiro atoms. The molecule has 13 heavy (non-hydrogen) atoms. The van der Waals surface area contributed by atoms with Crippen molar-refractivity contribution < 1.29 is 19.2 Å². The molecule has 0 bridgehead atoms. The van der Waals surface area contributed by atoms with Crippen molar-refractivity contribution in [3.63, 3.8) is 0 Å². The second-order valence-electron chi connectivity index (χ2n) is 1.00. The minimum absolute atomic E-state index is 0. The molecule has 0 heterocycles. The molecule has 0 unspecified atom stereocenters. The van der Waals surface area contributed by atoms with E-state index >= 15 is 0 Å². The SMILES string of the molecule is Br.Br.[C-]1=CC=CC1.[CH3-].[CH3-].[CH3-].[CH3-].[SiH2]=[Ti]. The van der Waals surface area contributed by atoms with Crippen molar-refractivity contribution in [1.29, 1.82) is 0 Å². The maximum absolute atomic E-state index is 2.99. The summed E-state index contributed by atoms with van der Waals surface area (Å²) in [6.07, 6.45) is 10.0. The Hall–Kier alpha value is 1.37. The predicted octanol–water partition coefficient (Wildman–Crippen LogP) is 3.34. The molecule has 0 aromatic rings. The van der Waals surface area contributed by atoms with Crippen molar-refractivity contribution in [3.05, 3.63) is 54.0 Å². The average Bonchev–Trinajstić information content (AvgIpc) is 2.23. The van der Waals surface area contributed by atoms with Gasteiger partial charge in [0, 0.05) is 0 Å². The fourth-order valence-corrected chi connectivity index (χ4v) is 0.340. The van der Waals surface area contributed by atoms with Crippen molar-refractivity contribution in [2.75, 3.05) is 0 Å². The second-order valence-corrected chi connectivity index (χ2v) is 1.00. The van der Waals surface area contributed by atoms with Crippen LogP contribution < -0.4 is 0 Å². The van der Waals surface area contributed by atoms with Gasteiger partial charge in [-0.05, 0) is 0 Å². The molecule has 0 aromatic carbocycles. The molecule has 4 heteroatoms. The Morgan fingerprint density at radius 2 is 1.38 bits per heavy atom. The molecular weight excluding hydrogens is 344 g/mol. The zero-order valence-corrected chi connectivity index (χ0v) is 15.4. The van der Waals surface area contributed by atoms with Crippen LogP contribution in [0.4, 0.5) is 0 Å². The molecule has 1 rings (SSSR count). The summed E-state index contributed by atoms with van der Waals surface area (Å²) in [6.45, 7) is 0. The zero-order chi connectivity index (χ0) is 5.54. The van der Waals surface area contributed by atoms with Gasteiger partial charge in [0.15, 0.2) is 0 Å². The van der Waals surface area contributed by atoms with E-state index in [2.05, 4.69) is 12.2 Å². The summed E-state index contributed by atoms with van der Waals surface area (Å²) < 4.78 is 0. The van der Waals surface area contributed by atoms with E-state index in [1.165, 1.54) is 0 Å². The van der Waals surface area contributed by atoms with Crippen molar-refractivity contribution in [2.24, 2.45) is 0 Å². The van der Waals surface area contributed by atoms with E-state index in [4.69, 9.17) is 0 Å². The molecule has 84 valence electrons. The molecule has 0 aliphatic heterocycles. The Balaban J connectivity index is -0.00000000859. The third-order valence-electron chi connectivity index (χ3n) is 0.586. The maximum atomic E-state index is 2.99. The quantitative estimate of drug-likeness (QED) is 0.457. The van der Waals surface area contributed by atoms with Gasteiger partial charge in [-0.3, -0.25) is 6.08 Å². The van der Waals surface area contributed by atoms with Gasteiger partial charge in [-0.15, -0.1) is 40.4 Å². The van der Waals surface area contributed by atoms with E-state index in [0.717, 1.165) is 6.42 Å². The summed E-state index contributed by atoms with van der Waals surface area (Å²) in [4.78, 5) is 0. The van der Waals surface area contributed by atoms with Gasteiger partial charge in [-0.2, -0.15) is 6.08 Å². The molecular formula is C9H21Br2SiTi-5. The third kappa shape index (κ3) is 42.6. The molecule has 0 saturated carbocycles. The summed E-state index contributed by atoms with van der Waals surface area (Å²) in [5.41, 5.74) is 0. The topological polar surface area (TPSA) is 0 Å². The molecule has 0 radical (unpaired) electrons. The summed E-state index contributed by atoms with van der Waals surface area (Å²) in [6, 6.07) is 0. The molecule has 0 atom stereocenters. The predicted molar refractivity (Wildman–Crippen MR) is 76.4 cm³/mol. The number of hydrogen-bond acceptors (Lipinski definition) is 0. The Bertz CT molecular complexity index is 85.6. The van der Waals surface area contributed by atoms with Crippen LogP contribution in [0.1, 0.15) is 6.42 Å². The molecule has 0 amide bonds. The zero-order valence-electron chi connectivity index (χ0n) is 8.96. The molecule has 0 N–H and O–H groups in total. The minimum atomic E-state index is 0. The fourth-order valence-electron chi connectivity index (χ4n) is 0.340. The molecule has 0 saturated heterocycles. The Labute approximate surface area is 120 Å². The summed E-state index contributed by atoms with van der Waals surface area (Å²) in [5.74, 6) is 0. The van der Waals surface area contributed by atoms with Gasteiger partial charge in [-0.25, -0.2) is 12.2 Å². The first-order chi connectivity index (χ1) is 3.50. The van der Waals surface area contributed by atoms with Crippen LogP contribution in [0.2, 0.25) is 0 Å². The van der Waals surface area contributed by atoms with Crippen LogP contribution in [0.5, 0.6) is 0 Å². The first kappa shape index (κ1) is 47.3. The van der Waals surface area contributed by atoms with E-state index in [-0.39, 0.29) is 63.7 Å². The van der Waals surface area contributed by atoms with Crippen LogP contribution in [0, 0.1) is 35.8 Å². The van der Waals surface area contributed by atoms with Crippen LogP contribution >= 0.6 is 34.0 Å². The van der Waals surface area contributed by atoms with Crippen LogP contribution in [0.25, 0.3) is 0 Å². The molecule has 0 nitrogen and oxygen atoms in total. The normalized spacial score (nSPS) is 7.00. The van der Waals surface area contributed by atoms with E-state index in [9.17, 15) is 0 Å². The van der Waals surface area contributed by atoms with Crippen LogP contribution in [0.15, 0.2) is 18.2 Å². The Kier molecular flexibility index (Phi) is 183. The van der Waals surface area contributed by atoms with Crippen molar-refractivity contribution in [1.82, 2.24) is 0 Å². The van der Waals surface area contributed by atoms with Crippen LogP contribution in [-0.2, 0) is 19.2 Å². The van der Waals surface area contributed by atoms with Crippen LogP contribution in [0.3, 0.4) is 0 Å². The molecule has 1 aliphatic carbocycles. The van der Waals surface area contributed by atoms with Gasteiger partial charge in [0.05, 0.1) is 0 Å². The van der Waals surface area contributed by atoms with Crippen molar-refractivity contribution in [2.45, 2.75) is 6.42 Å². The van der Waals surface area contributed by atoms with Gasteiger partial charge in [0.1, 0.15) is 0 Å². The van der Waals surface area contributed by atoms with E-state index in [0.29, 0.717) is 0 Å². The monoisotopic (exact) mass is 363 g/mol. The summed E-state index contributed by atoms with van der Waals surface area (Å²) in [5, 5.41) is 0. The Morgan fingerprint density at radius 3 is 1.46 bits per heavy atom. The first-order valence-corrected chi connectivity index (χ1v) is 6.09. The van der Waals surface area contributed by atoms with Crippen LogP contribution in [-0.4, -0.2) is 7.63 Å². The third-order valence-corrected chi connectivity index (χ3v) is 0.586. The number of hydrogen-bond donors (Lipinski definition) is 0. The number of halogens is 2. The summed E-state index contributed by atoms with van der Waals surface area (Å²) >= 11 is 2.03. The summed E-state index contributed by atoms with van der Waals surface area (Å²) in [7, 11) is 1.86. The van der Waals surface area contributed by atoms with Crippen molar-refractivity contribution >= 4 is 41.6 Å². The average molecular weight is 365 g/mol. The van der Waals surface area contributed by atoms with E-state index < -0.39 is 0 Å². The fraction of sp³-hybridized carbons (Fsp3) is 0.111. The molecule has 0 fully saturated rings. The van der Waals surface area contributed by atoms with Gasteiger partial charge in [0.25, 0.3) is 0 Å². The number of rotatable bonds is 0. The van der Waals surface area contributed by atoms with Gasteiger partial charge < -0.3 is 29.7 Å². The molecule has 1 aliphatic rings. The number of allylic oxidation sites excluding steroid dienone is 4. The Morgan fingerprint density at radius 1 is 1.00 bits per heavy atom. The van der Waals surface area contributed by atoms with E-state index in [1.807, 2.05) is 39.0 Å². The van der Waals surface area contributed by atoms with Crippen molar-refractivity contribution in [3.8, 4) is 0 Å². The van der Waals surface area contributed by atoms with E-state index in [1.54, 1.807) is 0 Å². The first-order valence-electron chi connectivity index (χ1n) is 2.07. The van der Waals surface area contributed by atoms with Gasteiger partial charge in [0.2, 0.25) is 0 Å². The molecule has 0 aromatic heterocycles. The van der Waals surface area contributed by atoms with Gasteiger partial charge >= 0.3 is 26.8 Å². The second kappa shape index (κ2) is 50.4. The standard InChI is InChI=1S/C5H5.4CH3.2BrH.H2Si.Ti/c1-2-4-5-3-1;;;;;;;;/h1-3H,4H2;4*1H3;2*1H;1H2;/q5*-1;;;;.